The fourth-order valence-electron chi connectivity index (χ4n) is 3.90. The number of morpholine rings is 2. The molecule has 0 radical (unpaired) electrons. The molecular formula is C21H23N5O3. The average Bonchev–Trinajstić information content (AvgIpc) is 3.24. The minimum Gasteiger partial charge on any atom is -0.378 e. The van der Waals surface area contributed by atoms with Gasteiger partial charge in [0.2, 0.25) is 0 Å². The fraction of sp³-hybridized carbons (Fsp3) is 0.381. The SMILES string of the molecule is O=C(c1cccnc1)N1CCO[C@H](c2cn3c(N4CCOCC4)cccc3n2)C1. The lowest BCUT2D eigenvalue weighted by Gasteiger charge is -2.32. The van der Waals surface area contributed by atoms with Gasteiger partial charge < -0.3 is 19.3 Å². The van der Waals surface area contributed by atoms with Crippen LogP contribution in [0.15, 0.2) is 48.9 Å². The van der Waals surface area contributed by atoms with Crippen molar-refractivity contribution >= 4 is 17.4 Å². The second-order valence-electron chi connectivity index (χ2n) is 7.23. The highest BCUT2D eigenvalue weighted by Crippen LogP contribution is 2.26. The first kappa shape index (κ1) is 18.1. The number of aromatic nitrogens is 3. The molecule has 2 fully saturated rings. The molecule has 8 heteroatoms. The molecule has 2 aliphatic heterocycles. The van der Waals surface area contributed by atoms with E-state index in [2.05, 4.69) is 20.4 Å². The summed E-state index contributed by atoms with van der Waals surface area (Å²) in [6.07, 6.45) is 5.05. The number of carbonyl (C=O) groups is 1. The van der Waals surface area contributed by atoms with Crippen molar-refractivity contribution in [3.8, 4) is 0 Å². The Morgan fingerprint density at radius 1 is 1.07 bits per heavy atom. The third kappa shape index (κ3) is 3.56. The molecule has 2 saturated heterocycles. The Bertz CT molecular complexity index is 1000. The highest BCUT2D eigenvalue weighted by Gasteiger charge is 2.28. The van der Waals surface area contributed by atoms with Crippen molar-refractivity contribution < 1.29 is 14.3 Å². The van der Waals surface area contributed by atoms with Crippen LogP contribution in [0.3, 0.4) is 0 Å². The third-order valence-corrected chi connectivity index (χ3v) is 5.42. The molecule has 3 aromatic rings. The van der Waals surface area contributed by atoms with Gasteiger partial charge in [-0.1, -0.05) is 6.07 Å². The summed E-state index contributed by atoms with van der Waals surface area (Å²) >= 11 is 0. The van der Waals surface area contributed by atoms with Crippen molar-refractivity contribution in [2.45, 2.75) is 6.10 Å². The summed E-state index contributed by atoms with van der Waals surface area (Å²) in [5.41, 5.74) is 2.32. The summed E-state index contributed by atoms with van der Waals surface area (Å²) in [6.45, 7) is 4.71. The van der Waals surface area contributed by atoms with Gasteiger partial charge in [0, 0.05) is 38.2 Å². The van der Waals surface area contributed by atoms with Gasteiger partial charge in [0.25, 0.3) is 5.91 Å². The molecule has 150 valence electrons. The van der Waals surface area contributed by atoms with Crippen LogP contribution in [0.25, 0.3) is 5.65 Å². The molecule has 5 rings (SSSR count). The molecule has 1 atom stereocenters. The quantitative estimate of drug-likeness (QED) is 0.676. The summed E-state index contributed by atoms with van der Waals surface area (Å²) in [5, 5.41) is 0. The maximum Gasteiger partial charge on any atom is 0.255 e. The van der Waals surface area contributed by atoms with Gasteiger partial charge >= 0.3 is 0 Å². The molecule has 0 N–H and O–H groups in total. The number of nitrogens with zero attached hydrogens (tertiary/aromatic N) is 5. The van der Waals surface area contributed by atoms with Gasteiger partial charge in [0.15, 0.2) is 0 Å². The Morgan fingerprint density at radius 2 is 1.97 bits per heavy atom. The molecule has 0 unspecified atom stereocenters. The van der Waals surface area contributed by atoms with E-state index >= 15 is 0 Å². The lowest BCUT2D eigenvalue weighted by atomic mass is 10.2. The number of pyridine rings is 2. The first-order valence-electron chi connectivity index (χ1n) is 9.91. The van der Waals surface area contributed by atoms with E-state index in [0.717, 1.165) is 43.5 Å². The van der Waals surface area contributed by atoms with E-state index in [-0.39, 0.29) is 12.0 Å². The van der Waals surface area contributed by atoms with Gasteiger partial charge in [0.05, 0.1) is 37.6 Å². The van der Waals surface area contributed by atoms with E-state index in [1.807, 2.05) is 23.2 Å². The molecule has 5 heterocycles. The lowest BCUT2D eigenvalue weighted by molar-refractivity contribution is -0.0245. The van der Waals surface area contributed by atoms with Crippen LogP contribution < -0.4 is 4.90 Å². The van der Waals surface area contributed by atoms with E-state index in [9.17, 15) is 4.79 Å². The normalized spacial score (nSPS) is 20.2. The minimum absolute atomic E-state index is 0.0239. The summed E-state index contributed by atoms with van der Waals surface area (Å²) in [6, 6.07) is 9.69. The molecule has 2 aliphatic rings. The monoisotopic (exact) mass is 393 g/mol. The average molecular weight is 393 g/mol. The van der Waals surface area contributed by atoms with Gasteiger partial charge in [-0.3, -0.25) is 14.2 Å². The van der Waals surface area contributed by atoms with Gasteiger partial charge in [-0.2, -0.15) is 0 Å². The largest absolute Gasteiger partial charge is 0.378 e. The van der Waals surface area contributed by atoms with Crippen LogP contribution in [0.1, 0.15) is 22.2 Å². The van der Waals surface area contributed by atoms with Crippen LogP contribution in [-0.2, 0) is 9.47 Å². The van der Waals surface area contributed by atoms with Crippen LogP contribution in [0.4, 0.5) is 5.82 Å². The van der Waals surface area contributed by atoms with E-state index in [1.54, 1.807) is 24.5 Å². The molecule has 0 bridgehead atoms. The second kappa shape index (κ2) is 7.81. The number of rotatable bonds is 3. The number of anilines is 1. The Kier molecular flexibility index (Phi) is 4.87. The van der Waals surface area contributed by atoms with Gasteiger partial charge in [-0.15, -0.1) is 0 Å². The maximum absolute atomic E-state index is 12.8. The standard InChI is InChI=1S/C21H23N5O3/c27-21(16-3-2-6-22-13-16)25-9-12-29-18(15-25)17-14-26-19(23-17)4-1-5-20(26)24-7-10-28-11-8-24/h1-6,13-14,18H,7-12,15H2/t18-/m0/s1. The molecule has 0 aromatic carbocycles. The van der Waals surface area contributed by atoms with Crippen molar-refractivity contribution in [3.05, 3.63) is 60.2 Å². The lowest BCUT2D eigenvalue weighted by Crippen LogP contribution is -2.42. The summed E-state index contributed by atoms with van der Waals surface area (Å²) in [7, 11) is 0. The summed E-state index contributed by atoms with van der Waals surface area (Å²) in [4.78, 5) is 25.8. The minimum atomic E-state index is -0.248. The fourth-order valence-corrected chi connectivity index (χ4v) is 3.90. The van der Waals surface area contributed by atoms with Crippen LogP contribution in [0.2, 0.25) is 0 Å². The van der Waals surface area contributed by atoms with Crippen molar-refractivity contribution in [1.82, 2.24) is 19.3 Å². The van der Waals surface area contributed by atoms with E-state index in [4.69, 9.17) is 14.5 Å². The first-order chi connectivity index (χ1) is 14.3. The molecule has 0 aliphatic carbocycles. The summed E-state index contributed by atoms with van der Waals surface area (Å²) < 4.78 is 13.6. The number of amides is 1. The van der Waals surface area contributed by atoms with Crippen LogP contribution in [0, 0.1) is 0 Å². The Labute approximate surface area is 168 Å². The topological polar surface area (TPSA) is 72.2 Å². The molecule has 29 heavy (non-hydrogen) atoms. The van der Waals surface area contributed by atoms with Crippen molar-refractivity contribution in [2.24, 2.45) is 0 Å². The van der Waals surface area contributed by atoms with E-state index in [1.165, 1.54) is 0 Å². The highest BCUT2D eigenvalue weighted by molar-refractivity contribution is 5.93. The number of carbonyl (C=O) groups excluding carboxylic acids is 1. The second-order valence-corrected chi connectivity index (χ2v) is 7.23. The predicted molar refractivity (Wildman–Crippen MR) is 107 cm³/mol. The summed E-state index contributed by atoms with van der Waals surface area (Å²) in [5.74, 6) is 1.08. The van der Waals surface area contributed by atoms with E-state index in [0.29, 0.717) is 25.3 Å². The van der Waals surface area contributed by atoms with Crippen LogP contribution >= 0.6 is 0 Å². The molecule has 0 spiro atoms. The van der Waals surface area contributed by atoms with Gasteiger partial charge in [-0.25, -0.2) is 4.98 Å². The Hall–Kier alpha value is -2.97. The molecule has 8 nitrogen and oxygen atoms in total. The zero-order valence-electron chi connectivity index (χ0n) is 16.1. The molecule has 3 aromatic heterocycles. The zero-order chi connectivity index (χ0) is 19.6. The Balaban J connectivity index is 1.39. The number of ether oxygens (including phenoxy) is 2. The third-order valence-electron chi connectivity index (χ3n) is 5.42. The van der Waals surface area contributed by atoms with Crippen molar-refractivity contribution in [2.75, 3.05) is 50.9 Å². The Morgan fingerprint density at radius 3 is 2.79 bits per heavy atom. The molecule has 1 amide bonds. The number of hydrogen-bond acceptors (Lipinski definition) is 6. The van der Waals surface area contributed by atoms with Gasteiger partial charge in [0.1, 0.15) is 17.6 Å². The van der Waals surface area contributed by atoms with Crippen molar-refractivity contribution in [1.29, 1.82) is 0 Å². The highest BCUT2D eigenvalue weighted by atomic mass is 16.5. The predicted octanol–water partition coefficient (Wildman–Crippen LogP) is 1.78. The number of fused-ring (bicyclic) bond motifs is 1. The molecule has 0 saturated carbocycles. The van der Waals surface area contributed by atoms with Crippen LogP contribution in [0.5, 0.6) is 0 Å². The zero-order valence-corrected chi connectivity index (χ0v) is 16.1. The smallest absolute Gasteiger partial charge is 0.255 e. The van der Waals surface area contributed by atoms with E-state index < -0.39 is 0 Å². The number of hydrogen-bond donors (Lipinski definition) is 0. The molecular weight excluding hydrogens is 370 g/mol. The maximum atomic E-state index is 12.8. The number of imidazole rings is 1. The van der Waals surface area contributed by atoms with Crippen molar-refractivity contribution in [3.63, 3.8) is 0 Å². The van der Waals surface area contributed by atoms with Gasteiger partial charge in [-0.05, 0) is 24.3 Å². The first-order valence-corrected chi connectivity index (χ1v) is 9.91. The van der Waals surface area contributed by atoms with Crippen LogP contribution in [-0.4, -0.2) is 71.2 Å².